The Morgan fingerprint density at radius 2 is 1.71 bits per heavy atom. The third-order valence-electron chi connectivity index (χ3n) is 6.30. The molecule has 0 radical (unpaired) electrons. The van der Waals surface area contributed by atoms with Crippen LogP contribution in [0.1, 0.15) is 24.0 Å². The minimum atomic E-state index is -3.46. The zero-order chi connectivity index (χ0) is 21.3. The Bertz CT molecular complexity index is 1150. The van der Waals surface area contributed by atoms with Crippen LogP contribution in [0.5, 0.6) is 0 Å². The summed E-state index contributed by atoms with van der Waals surface area (Å²) in [5.74, 6) is 0. The van der Waals surface area contributed by atoms with Gasteiger partial charge in [-0.05, 0) is 67.1 Å². The van der Waals surface area contributed by atoms with Gasteiger partial charge in [0.2, 0.25) is 10.0 Å². The fourth-order valence-corrected chi connectivity index (χ4v) is 6.00. The number of aromatic nitrogens is 3. The van der Waals surface area contributed by atoms with E-state index in [1.54, 1.807) is 22.8 Å². The topological polar surface area (TPSA) is 71.3 Å². The summed E-state index contributed by atoms with van der Waals surface area (Å²) in [6.45, 7) is 2.96. The van der Waals surface area contributed by atoms with Gasteiger partial charge in [0.15, 0.2) is 0 Å². The normalized spacial score (nSPS) is 18.1. The number of fused-ring (bicyclic) bond motifs is 1. The van der Waals surface area contributed by atoms with Crippen LogP contribution in [0.2, 0.25) is 0 Å². The lowest BCUT2D eigenvalue weighted by molar-refractivity contribution is 0.146. The van der Waals surface area contributed by atoms with Crippen molar-refractivity contribution in [2.75, 3.05) is 26.2 Å². The van der Waals surface area contributed by atoms with Crippen LogP contribution in [0.3, 0.4) is 0 Å². The minimum absolute atomic E-state index is 0.438. The van der Waals surface area contributed by atoms with Crippen LogP contribution in [0.25, 0.3) is 11.3 Å². The predicted molar refractivity (Wildman–Crippen MR) is 119 cm³/mol. The molecule has 162 valence electrons. The molecule has 1 aromatic carbocycles. The molecular formula is C23H27N5O2S. The van der Waals surface area contributed by atoms with Gasteiger partial charge in [-0.25, -0.2) is 8.42 Å². The van der Waals surface area contributed by atoms with Gasteiger partial charge in [0.05, 0.1) is 17.3 Å². The highest BCUT2D eigenvalue weighted by atomic mass is 32.2. The first-order chi connectivity index (χ1) is 15.1. The van der Waals surface area contributed by atoms with Crippen molar-refractivity contribution in [1.82, 2.24) is 24.0 Å². The van der Waals surface area contributed by atoms with Crippen LogP contribution >= 0.6 is 0 Å². The number of sulfonamides is 1. The number of hydrogen-bond donors (Lipinski definition) is 0. The molecule has 0 amide bonds. The van der Waals surface area contributed by atoms with Gasteiger partial charge in [-0.3, -0.25) is 14.6 Å². The Labute approximate surface area is 183 Å². The third-order valence-corrected chi connectivity index (χ3v) is 8.19. The standard InChI is InChI=1S/C23H27N5O2S/c29-31(30,22-8-7-19-4-1-2-5-20(19)16-22)27-14-12-26(13-15-27)18-28-23(9-11-25-28)21-6-3-10-24-17-21/h3,6-11,16-17H,1-2,4-5,12-15,18H2. The van der Waals surface area contributed by atoms with Crippen molar-refractivity contribution in [3.05, 3.63) is 66.1 Å². The number of pyridine rings is 1. The molecule has 8 heteroatoms. The largest absolute Gasteiger partial charge is 0.282 e. The molecule has 1 aliphatic heterocycles. The first-order valence-corrected chi connectivity index (χ1v) is 12.3. The van der Waals surface area contributed by atoms with Gasteiger partial charge in [-0.1, -0.05) is 6.07 Å². The summed E-state index contributed by atoms with van der Waals surface area (Å²) in [6.07, 6.45) is 9.75. The summed E-state index contributed by atoms with van der Waals surface area (Å²) in [5.41, 5.74) is 4.54. The lowest BCUT2D eigenvalue weighted by atomic mass is 9.92. The van der Waals surface area contributed by atoms with Gasteiger partial charge < -0.3 is 0 Å². The van der Waals surface area contributed by atoms with E-state index >= 15 is 0 Å². The first-order valence-electron chi connectivity index (χ1n) is 10.9. The van der Waals surface area contributed by atoms with E-state index in [0.717, 1.165) is 30.5 Å². The van der Waals surface area contributed by atoms with E-state index < -0.39 is 10.0 Å². The highest BCUT2D eigenvalue weighted by Crippen LogP contribution is 2.26. The van der Waals surface area contributed by atoms with Crippen molar-refractivity contribution in [3.8, 4) is 11.3 Å². The van der Waals surface area contributed by atoms with Gasteiger partial charge in [0.1, 0.15) is 0 Å². The summed E-state index contributed by atoms with van der Waals surface area (Å²) in [7, 11) is -3.46. The van der Waals surface area contributed by atoms with E-state index in [0.29, 0.717) is 37.7 Å². The van der Waals surface area contributed by atoms with Crippen molar-refractivity contribution < 1.29 is 8.42 Å². The molecule has 0 unspecified atom stereocenters. The molecule has 0 atom stereocenters. The molecular weight excluding hydrogens is 410 g/mol. The predicted octanol–water partition coefficient (Wildman–Crippen LogP) is 2.79. The van der Waals surface area contributed by atoms with Crippen LogP contribution < -0.4 is 0 Å². The Morgan fingerprint density at radius 1 is 0.903 bits per heavy atom. The molecule has 31 heavy (non-hydrogen) atoms. The van der Waals surface area contributed by atoms with Crippen molar-refractivity contribution >= 4 is 10.0 Å². The molecule has 1 aliphatic carbocycles. The van der Waals surface area contributed by atoms with Crippen LogP contribution in [-0.2, 0) is 29.5 Å². The number of benzene rings is 1. The maximum Gasteiger partial charge on any atom is 0.243 e. The molecule has 1 saturated heterocycles. The van der Waals surface area contributed by atoms with Crippen LogP contribution in [0, 0.1) is 0 Å². The first kappa shape index (κ1) is 20.4. The van der Waals surface area contributed by atoms with E-state index in [4.69, 9.17) is 0 Å². The summed E-state index contributed by atoms with van der Waals surface area (Å²) < 4.78 is 30.0. The van der Waals surface area contributed by atoms with E-state index in [1.807, 2.05) is 41.2 Å². The Balaban J connectivity index is 1.25. The zero-order valence-corrected chi connectivity index (χ0v) is 18.3. The summed E-state index contributed by atoms with van der Waals surface area (Å²) in [4.78, 5) is 6.87. The van der Waals surface area contributed by atoms with Crippen molar-refractivity contribution in [2.45, 2.75) is 37.2 Å². The van der Waals surface area contributed by atoms with Gasteiger partial charge >= 0.3 is 0 Å². The van der Waals surface area contributed by atoms with E-state index in [1.165, 1.54) is 17.5 Å². The Kier molecular flexibility index (Phi) is 5.60. The number of rotatable bonds is 5. The van der Waals surface area contributed by atoms with Crippen molar-refractivity contribution in [3.63, 3.8) is 0 Å². The van der Waals surface area contributed by atoms with Crippen LogP contribution in [0.15, 0.2) is 59.9 Å². The molecule has 3 aromatic rings. The second-order valence-electron chi connectivity index (χ2n) is 8.26. The van der Waals surface area contributed by atoms with E-state index in [2.05, 4.69) is 15.0 Å². The minimum Gasteiger partial charge on any atom is -0.282 e. The maximum absolute atomic E-state index is 13.2. The van der Waals surface area contributed by atoms with Crippen molar-refractivity contribution in [2.24, 2.45) is 0 Å². The second kappa shape index (κ2) is 8.53. The molecule has 7 nitrogen and oxygen atoms in total. The average molecular weight is 438 g/mol. The molecule has 1 fully saturated rings. The highest BCUT2D eigenvalue weighted by Gasteiger charge is 2.29. The number of piperazine rings is 1. The lowest BCUT2D eigenvalue weighted by Crippen LogP contribution is -2.49. The summed E-state index contributed by atoms with van der Waals surface area (Å²) in [5, 5.41) is 4.46. The fraction of sp³-hybridized carbons (Fsp3) is 0.391. The SMILES string of the molecule is O=S(=O)(c1ccc2c(c1)CCCC2)N1CCN(Cn2nccc2-c2cccnc2)CC1. The monoisotopic (exact) mass is 437 g/mol. The van der Waals surface area contributed by atoms with Crippen LogP contribution in [-0.4, -0.2) is 58.6 Å². The lowest BCUT2D eigenvalue weighted by Gasteiger charge is -2.34. The molecule has 2 aliphatic rings. The Morgan fingerprint density at radius 3 is 2.48 bits per heavy atom. The van der Waals surface area contributed by atoms with E-state index in [9.17, 15) is 8.42 Å². The number of aryl methyl sites for hydroxylation is 2. The molecule has 0 bridgehead atoms. The third kappa shape index (κ3) is 4.15. The van der Waals surface area contributed by atoms with Crippen LogP contribution in [0.4, 0.5) is 0 Å². The Hall–Kier alpha value is -2.55. The molecule has 5 rings (SSSR count). The second-order valence-corrected chi connectivity index (χ2v) is 10.2. The van der Waals surface area contributed by atoms with Gasteiger partial charge in [0.25, 0.3) is 0 Å². The summed E-state index contributed by atoms with van der Waals surface area (Å²) >= 11 is 0. The van der Waals surface area contributed by atoms with Crippen molar-refractivity contribution in [1.29, 1.82) is 0 Å². The van der Waals surface area contributed by atoms with Gasteiger partial charge in [-0.2, -0.15) is 9.40 Å². The smallest absolute Gasteiger partial charge is 0.243 e. The molecule has 3 heterocycles. The average Bonchev–Trinajstić information content (AvgIpc) is 3.28. The zero-order valence-electron chi connectivity index (χ0n) is 17.5. The fourth-order valence-electron chi connectivity index (χ4n) is 4.52. The van der Waals surface area contributed by atoms with Gasteiger partial charge in [-0.15, -0.1) is 0 Å². The molecule has 0 saturated carbocycles. The highest BCUT2D eigenvalue weighted by molar-refractivity contribution is 7.89. The maximum atomic E-state index is 13.2. The van der Waals surface area contributed by atoms with Gasteiger partial charge in [0, 0.05) is 50.3 Å². The molecule has 0 spiro atoms. The summed E-state index contributed by atoms with van der Waals surface area (Å²) in [6, 6.07) is 11.6. The molecule has 2 aromatic heterocycles. The quantitative estimate of drug-likeness (QED) is 0.614. The van der Waals surface area contributed by atoms with E-state index in [-0.39, 0.29) is 0 Å². The number of nitrogens with zero attached hydrogens (tertiary/aromatic N) is 5. The number of hydrogen-bond acceptors (Lipinski definition) is 5. The molecule has 0 N–H and O–H groups in total.